The maximum atomic E-state index is 6.01. The van der Waals surface area contributed by atoms with Gasteiger partial charge in [0.2, 0.25) is 0 Å². The zero-order valence-electron chi connectivity index (χ0n) is 8.66. The van der Waals surface area contributed by atoms with Crippen LogP contribution in [0.3, 0.4) is 0 Å². The van der Waals surface area contributed by atoms with E-state index < -0.39 is 0 Å². The van der Waals surface area contributed by atoms with E-state index in [1.165, 1.54) is 24.1 Å². The zero-order chi connectivity index (χ0) is 9.97. The Morgan fingerprint density at radius 3 is 2.71 bits per heavy atom. The molecule has 3 N–H and O–H groups in total. The van der Waals surface area contributed by atoms with E-state index in [0.29, 0.717) is 12.1 Å². The lowest BCUT2D eigenvalue weighted by Gasteiger charge is -2.19. The number of para-hydroxylation sites is 1. The van der Waals surface area contributed by atoms with Gasteiger partial charge in [0.05, 0.1) is 0 Å². The van der Waals surface area contributed by atoms with Crippen molar-refractivity contribution in [3.05, 3.63) is 29.8 Å². The fraction of sp³-hybridized carbons (Fsp3) is 0.500. The van der Waals surface area contributed by atoms with Crippen LogP contribution in [-0.4, -0.2) is 12.1 Å². The van der Waals surface area contributed by atoms with Gasteiger partial charge in [-0.1, -0.05) is 18.2 Å². The molecule has 1 aromatic rings. The topological polar surface area (TPSA) is 38.0 Å². The van der Waals surface area contributed by atoms with Gasteiger partial charge in [0.15, 0.2) is 0 Å². The summed E-state index contributed by atoms with van der Waals surface area (Å²) in [7, 11) is 0. The molecular formula is C12H18N2. The summed E-state index contributed by atoms with van der Waals surface area (Å²) < 4.78 is 0. The number of hydrogen-bond donors (Lipinski definition) is 2. The Morgan fingerprint density at radius 2 is 2.07 bits per heavy atom. The standard InChI is InChI=1S/C12H18N2/c1-9-5-2-3-7-11(9)14-12-8-4-6-10(12)13/h2-3,5,7,10,12,14H,4,6,8,13H2,1H3/t10-,12-/m1/s1. The molecule has 2 atom stereocenters. The second-order valence-electron chi connectivity index (χ2n) is 4.16. The van der Waals surface area contributed by atoms with Crippen LogP contribution in [0.1, 0.15) is 24.8 Å². The first kappa shape index (κ1) is 9.53. The number of rotatable bonds is 2. The SMILES string of the molecule is Cc1ccccc1N[C@@H]1CCC[C@H]1N. The van der Waals surface area contributed by atoms with Crippen LogP contribution in [0.25, 0.3) is 0 Å². The van der Waals surface area contributed by atoms with E-state index in [1.807, 2.05) is 0 Å². The molecule has 0 saturated heterocycles. The van der Waals surface area contributed by atoms with Crippen molar-refractivity contribution >= 4 is 5.69 Å². The maximum absolute atomic E-state index is 6.01. The minimum atomic E-state index is 0.328. The first-order valence-corrected chi connectivity index (χ1v) is 5.35. The molecule has 1 fully saturated rings. The maximum Gasteiger partial charge on any atom is 0.0412 e. The summed E-state index contributed by atoms with van der Waals surface area (Å²) in [5.74, 6) is 0. The first-order valence-electron chi connectivity index (χ1n) is 5.35. The lowest BCUT2D eigenvalue weighted by atomic mass is 10.1. The van der Waals surface area contributed by atoms with Crippen molar-refractivity contribution < 1.29 is 0 Å². The molecule has 1 saturated carbocycles. The van der Waals surface area contributed by atoms with E-state index in [-0.39, 0.29) is 0 Å². The van der Waals surface area contributed by atoms with Gasteiger partial charge >= 0.3 is 0 Å². The fourth-order valence-electron chi connectivity index (χ4n) is 2.10. The average Bonchev–Trinajstić information content (AvgIpc) is 2.56. The van der Waals surface area contributed by atoms with Crippen LogP contribution < -0.4 is 11.1 Å². The third-order valence-electron chi connectivity index (χ3n) is 3.06. The number of anilines is 1. The van der Waals surface area contributed by atoms with Crippen LogP contribution in [0, 0.1) is 6.92 Å². The Bertz CT molecular complexity index is 309. The zero-order valence-corrected chi connectivity index (χ0v) is 8.66. The molecule has 2 nitrogen and oxygen atoms in total. The number of aryl methyl sites for hydroxylation is 1. The number of nitrogens with one attached hydrogen (secondary N) is 1. The third-order valence-corrected chi connectivity index (χ3v) is 3.06. The summed E-state index contributed by atoms with van der Waals surface area (Å²) in [6.07, 6.45) is 3.61. The molecule has 0 aromatic heterocycles. The Morgan fingerprint density at radius 1 is 1.29 bits per heavy atom. The monoisotopic (exact) mass is 190 g/mol. The molecule has 1 aliphatic carbocycles. The quantitative estimate of drug-likeness (QED) is 0.751. The highest BCUT2D eigenvalue weighted by atomic mass is 15.0. The van der Waals surface area contributed by atoms with Gasteiger partial charge in [0, 0.05) is 17.8 Å². The lowest BCUT2D eigenvalue weighted by molar-refractivity contribution is 0.637. The van der Waals surface area contributed by atoms with Crippen LogP contribution in [0.5, 0.6) is 0 Å². The summed E-state index contributed by atoms with van der Waals surface area (Å²) in [5.41, 5.74) is 8.54. The lowest BCUT2D eigenvalue weighted by Crippen LogP contribution is -2.35. The van der Waals surface area contributed by atoms with E-state index in [0.717, 1.165) is 6.42 Å². The molecule has 2 heteroatoms. The normalized spacial score (nSPS) is 26.4. The van der Waals surface area contributed by atoms with Gasteiger partial charge < -0.3 is 11.1 Å². The molecule has 0 bridgehead atoms. The Hall–Kier alpha value is -1.02. The van der Waals surface area contributed by atoms with Crippen molar-refractivity contribution in [3.8, 4) is 0 Å². The van der Waals surface area contributed by atoms with Gasteiger partial charge in [-0.2, -0.15) is 0 Å². The number of hydrogen-bond acceptors (Lipinski definition) is 2. The Labute approximate surface area is 85.5 Å². The summed E-state index contributed by atoms with van der Waals surface area (Å²) in [4.78, 5) is 0. The number of benzene rings is 1. The highest BCUT2D eigenvalue weighted by Crippen LogP contribution is 2.23. The minimum absolute atomic E-state index is 0.328. The van der Waals surface area contributed by atoms with Gasteiger partial charge in [-0.3, -0.25) is 0 Å². The molecule has 2 rings (SSSR count). The van der Waals surface area contributed by atoms with E-state index in [1.54, 1.807) is 0 Å². The van der Waals surface area contributed by atoms with Crippen molar-refractivity contribution in [2.75, 3.05) is 5.32 Å². The molecule has 0 amide bonds. The van der Waals surface area contributed by atoms with Crippen LogP contribution in [0.2, 0.25) is 0 Å². The van der Waals surface area contributed by atoms with Crippen molar-refractivity contribution in [3.63, 3.8) is 0 Å². The summed E-state index contributed by atoms with van der Waals surface area (Å²) in [6.45, 7) is 2.13. The molecule has 0 aliphatic heterocycles. The third kappa shape index (κ3) is 1.90. The second kappa shape index (κ2) is 4.01. The molecule has 76 valence electrons. The van der Waals surface area contributed by atoms with Crippen LogP contribution >= 0.6 is 0 Å². The molecule has 0 heterocycles. The van der Waals surface area contributed by atoms with Gasteiger partial charge in [-0.05, 0) is 37.8 Å². The highest BCUT2D eigenvalue weighted by Gasteiger charge is 2.23. The van der Waals surface area contributed by atoms with E-state index in [2.05, 4.69) is 36.5 Å². The number of nitrogens with two attached hydrogens (primary N) is 1. The van der Waals surface area contributed by atoms with Crippen molar-refractivity contribution in [2.45, 2.75) is 38.3 Å². The van der Waals surface area contributed by atoms with Crippen LogP contribution in [0.15, 0.2) is 24.3 Å². The first-order chi connectivity index (χ1) is 6.77. The molecule has 14 heavy (non-hydrogen) atoms. The van der Waals surface area contributed by atoms with Crippen molar-refractivity contribution in [1.82, 2.24) is 0 Å². The average molecular weight is 190 g/mol. The Balaban J connectivity index is 2.07. The molecule has 0 unspecified atom stereocenters. The molecule has 0 spiro atoms. The highest BCUT2D eigenvalue weighted by molar-refractivity contribution is 5.51. The largest absolute Gasteiger partial charge is 0.381 e. The molecular weight excluding hydrogens is 172 g/mol. The van der Waals surface area contributed by atoms with Gasteiger partial charge in [0.25, 0.3) is 0 Å². The van der Waals surface area contributed by atoms with Crippen molar-refractivity contribution in [2.24, 2.45) is 5.73 Å². The van der Waals surface area contributed by atoms with E-state index in [4.69, 9.17) is 5.73 Å². The molecule has 1 aromatic carbocycles. The smallest absolute Gasteiger partial charge is 0.0412 e. The molecule has 0 radical (unpaired) electrons. The van der Waals surface area contributed by atoms with Crippen molar-refractivity contribution in [1.29, 1.82) is 0 Å². The van der Waals surface area contributed by atoms with Gasteiger partial charge in [-0.25, -0.2) is 0 Å². The summed E-state index contributed by atoms with van der Waals surface area (Å²) in [5, 5.41) is 3.53. The Kier molecular flexibility index (Phi) is 2.73. The summed E-state index contributed by atoms with van der Waals surface area (Å²) >= 11 is 0. The van der Waals surface area contributed by atoms with E-state index >= 15 is 0 Å². The summed E-state index contributed by atoms with van der Waals surface area (Å²) in [6, 6.07) is 9.18. The minimum Gasteiger partial charge on any atom is -0.381 e. The second-order valence-corrected chi connectivity index (χ2v) is 4.16. The fourth-order valence-corrected chi connectivity index (χ4v) is 2.10. The predicted octanol–water partition coefficient (Wildman–Crippen LogP) is 2.29. The van der Waals surface area contributed by atoms with Crippen LogP contribution in [0.4, 0.5) is 5.69 Å². The van der Waals surface area contributed by atoms with Gasteiger partial charge in [0.1, 0.15) is 0 Å². The van der Waals surface area contributed by atoms with E-state index in [9.17, 15) is 0 Å². The molecule has 1 aliphatic rings. The van der Waals surface area contributed by atoms with Gasteiger partial charge in [-0.15, -0.1) is 0 Å². The predicted molar refractivity (Wildman–Crippen MR) is 60.4 cm³/mol. The van der Waals surface area contributed by atoms with Crippen LogP contribution in [-0.2, 0) is 0 Å².